The summed E-state index contributed by atoms with van der Waals surface area (Å²) in [5.74, 6) is -0.575. The number of esters is 4. The smallest absolute Gasteiger partial charge is 0.462 e. The van der Waals surface area contributed by atoms with Crippen LogP contribution in [0.1, 0.15) is 292 Å². The molecule has 0 aromatic heterocycles. The number of unbranched alkanes of at least 4 members (excludes halogenated alkanes) is 28. The molecule has 3 unspecified atom stereocenters. The van der Waals surface area contributed by atoms with Crippen molar-refractivity contribution >= 4 is 39.5 Å². The van der Waals surface area contributed by atoms with E-state index < -0.39 is 97.5 Å². The number of hydrogen-bond donors (Lipinski definition) is 3. The molecule has 3 N–H and O–H groups in total. The number of carbonyl (C=O) groups excluding carboxylic acids is 4. The highest BCUT2D eigenvalue weighted by atomic mass is 31.2. The fraction of sp³-hybridized carbons (Fsp3) is 0.933. The summed E-state index contributed by atoms with van der Waals surface area (Å²) in [6, 6.07) is 0. The standard InChI is InChI=1S/C60H116O17P2/c1-7-10-12-28-36-42-57(62)70-48-55(76-59(64)44-38-29-13-11-8-2)50-74-78(66,67)72-46-54(61)47-73-79(68,69)75-51-56(49-71-58(63)43-37-32-26-22-19-18-21-25-31-35-41-53(6)9-3)77-60(65)45-39-33-27-23-17-15-14-16-20-24-30-34-40-52(4)5/h52-56,61H,7-51H2,1-6H3,(H,66,67)(H,68,69)/t53?,54-,55+,56+/m0/s1. The van der Waals surface area contributed by atoms with E-state index in [1.165, 1.54) is 103 Å². The number of hydrogen-bond acceptors (Lipinski definition) is 15. The van der Waals surface area contributed by atoms with Gasteiger partial charge in [0.05, 0.1) is 26.4 Å². The number of ether oxygens (including phenoxy) is 4. The van der Waals surface area contributed by atoms with E-state index in [2.05, 4.69) is 41.5 Å². The maximum absolute atomic E-state index is 12.9. The van der Waals surface area contributed by atoms with Gasteiger partial charge in [0.25, 0.3) is 0 Å². The SMILES string of the molecule is CCCCCCCC(=O)OC[C@H](COP(=O)(O)OC[C@H](O)COP(=O)(O)OC[C@@H](COC(=O)CCCCCCCCCCCCC(C)CC)OC(=O)CCCCCCCCCCCCCCC(C)C)OC(=O)CCCCCCC. The molecule has 0 radical (unpaired) electrons. The van der Waals surface area contributed by atoms with Gasteiger partial charge in [0, 0.05) is 25.7 Å². The summed E-state index contributed by atoms with van der Waals surface area (Å²) in [5.41, 5.74) is 0. The van der Waals surface area contributed by atoms with Crippen LogP contribution in [0, 0.1) is 11.8 Å². The number of aliphatic hydroxyl groups is 1. The number of phosphoric ester groups is 2. The van der Waals surface area contributed by atoms with Crippen LogP contribution in [0.15, 0.2) is 0 Å². The van der Waals surface area contributed by atoms with Crippen LogP contribution in [-0.4, -0.2) is 96.7 Å². The third-order valence-electron chi connectivity index (χ3n) is 14.1. The van der Waals surface area contributed by atoms with Crippen LogP contribution < -0.4 is 0 Å². The summed E-state index contributed by atoms with van der Waals surface area (Å²) in [6.45, 7) is 9.32. The van der Waals surface area contributed by atoms with Crippen molar-refractivity contribution in [1.29, 1.82) is 0 Å². The van der Waals surface area contributed by atoms with Gasteiger partial charge in [-0.15, -0.1) is 0 Å². The molecule has 0 spiro atoms. The van der Waals surface area contributed by atoms with E-state index >= 15 is 0 Å². The molecule has 0 saturated carbocycles. The first-order chi connectivity index (χ1) is 37.9. The second kappa shape index (κ2) is 52.8. The summed E-state index contributed by atoms with van der Waals surface area (Å²) >= 11 is 0. The lowest BCUT2D eigenvalue weighted by atomic mass is 9.99. The Morgan fingerprint density at radius 2 is 0.646 bits per heavy atom. The molecule has 0 heterocycles. The molecule has 0 aromatic carbocycles. The fourth-order valence-corrected chi connectivity index (χ4v) is 10.4. The van der Waals surface area contributed by atoms with Gasteiger partial charge in [-0.05, 0) is 37.5 Å². The van der Waals surface area contributed by atoms with Gasteiger partial charge in [-0.2, -0.15) is 0 Å². The van der Waals surface area contributed by atoms with Crippen molar-refractivity contribution in [2.24, 2.45) is 11.8 Å². The average Bonchev–Trinajstić information content (AvgIpc) is 3.41. The van der Waals surface area contributed by atoms with Crippen molar-refractivity contribution in [3.8, 4) is 0 Å². The molecule has 0 bridgehead atoms. The van der Waals surface area contributed by atoms with E-state index in [0.29, 0.717) is 25.7 Å². The molecule has 79 heavy (non-hydrogen) atoms. The molecule has 19 heteroatoms. The maximum atomic E-state index is 12.9. The largest absolute Gasteiger partial charge is 0.472 e. The maximum Gasteiger partial charge on any atom is 0.472 e. The Kier molecular flexibility index (Phi) is 51.5. The minimum absolute atomic E-state index is 0.0985. The molecule has 0 saturated heterocycles. The third kappa shape index (κ3) is 53.8. The van der Waals surface area contributed by atoms with Crippen molar-refractivity contribution in [2.75, 3.05) is 39.6 Å². The Balaban J connectivity index is 5.13. The van der Waals surface area contributed by atoms with Crippen LogP contribution in [0.25, 0.3) is 0 Å². The highest BCUT2D eigenvalue weighted by Gasteiger charge is 2.30. The second-order valence-electron chi connectivity index (χ2n) is 22.5. The van der Waals surface area contributed by atoms with E-state index in [9.17, 15) is 43.2 Å². The van der Waals surface area contributed by atoms with Gasteiger partial charge in [0.1, 0.15) is 19.3 Å². The molecule has 0 amide bonds. The van der Waals surface area contributed by atoms with Crippen LogP contribution in [0.3, 0.4) is 0 Å². The zero-order valence-corrected chi connectivity index (χ0v) is 52.4. The zero-order chi connectivity index (χ0) is 58.7. The lowest BCUT2D eigenvalue weighted by Crippen LogP contribution is -2.30. The minimum atomic E-state index is -4.94. The second-order valence-corrected chi connectivity index (χ2v) is 25.4. The summed E-state index contributed by atoms with van der Waals surface area (Å²) in [5, 5.41) is 10.5. The summed E-state index contributed by atoms with van der Waals surface area (Å²) in [4.78, 5) is 71.5. The Morgan fingerprint density at radius 3 is 0.962 bits per heavy atom. The predicted octanol–water partition coefficient (Wildman–Crippen LogP) is 16.1. The van der Waals surface area contributed by atoms with E-state index in [0.717, 1.165) is 108 Å². The highest BCUT2D eigenvalue weighted by molar-refractivity contribution is 7.47. The van der Waals surface area contributed by atoms with Crippen molar-refractivity contribution in [2.45, 2.75) is 310 Å². The molecule has 0 aliphatic heterocycles. The molecule has 0 rings (SSSR count). The summed E-state index contributed by atoms with van der Waals surface area (Å²) in [6.07, 6.45) is 34.1. The van der Waals surface area contributed by atoms with Gasteiger partial charge in [0.2, 0.25) is 0 Å². The van der Waals surface area contributed by atoms with Crippen molar-refractivity contribution in [1.82, 2.24) is 0 Å². The molecule has 0 aliphatic carbocycles. The fourth-order valence-electron chi connectivity index (χ4n) is 8.79. The summed E-state index contributed by atoms with van der Waals surface area (Å²) < 4.78 is 67.4. The van der Waals surface area contributed by atoms with Crippen LogP contribution in [0.4, 0.5) is 0 Å². The van der Waals surface area contributed by atoms with Crippen molar-refractivity contribution < 1.29 is 80.2 Å². The van der Waals surface area contributed by atoms with E-state index in [1.54, 1.807) is 0 Å². The normalized spacial score (nSPS) is 14.8. The van der Waals surface area contributed by atoms with Gasteiger partial charge < -0.3 is 33.8 Å². The topological polar surface area (TPSA) is 237 Å². The monoisotopic (exact) mass is 1170 g/mol. The first-order valence-electron chi connectivity index (χ1n) is 31.5. The van der Waals surface area contributed by atoms with Gasteiger partial charge in [-0.1, -0.05) is 241 Å². The van der Waals surface area contributed by atoms with Crippen molar-refractivity contribution in [3.63, 3.8) is 0 Å². The predicted molar refractivity (Wildman–Crippen MR) is 312 cm³/mol. The lowest BCUT2D eigenvalue weighted by molar-refractivity contribution is -0.161. The van der Waals surface area contributed by atoms with Crippen LogP contribution in [0.2, 0.25) is 0 Å². The Bertz CT molecular complexity index is 1570. The number of phosphoric acid groups is 2. The first kappa shape index (κ1) is 77.1. The molecular formula is C60H116O17P2. The molecule has 0 aromatic rings. The quantitative estimate of drug-likeness (QED) is 0.0222. The third-order valence-corrected chi connectivity index (χ3v) is 16.0. The van der Waals surface area contributed by atoms with Crippen molar-refractivity contribution in [3.05, 3.63) is 0 Å². The van der Waals surface area contributed by atoms with Gasteiger partial charge in [-0.3, -0.25) is 37.3 Å². The molecule has 17 nitrogen and oxygen atoms in total. The Labute approximate surface area is 479 Å². The highest BCUT2D eigenvalue weighted by Crippen LogP contribution is 2.45. The zero-order valence-electron chi connectivity index (χ0n) is 50.7. The number of aliphatic hydroxyl groups excluding tert-OH is 1. The van der Waals surface area contributed by atoms with E-state index in [-0.39, 0.29) is 25.7 Å². The molecule has 6 atom stereocenters. The van der Waals surface area contributed by atoms with E-state index in [4.69, 9.17) is 37.0 Å². The Morgan fingerprint density at radius 1 is 0.367 bits per heavy atom. The van der Waals surface area contributed by atoms with Crippen LogP contribution in [0.5, 0.6) is 0 Å². The minimum Gasteiger partial charge on any atom is -0.462 e. The van der Waals surface area contributed by atoms with Gasteiger partial charge in [-0.25, -0.2) is 9.13 Å². The molecule has 0 fully saturated rings. The average molecular weight is 1170 g/mol. The molecular weight excluding hydrogens is 1050 g/mol. The van der Waals surface area contributed by atoms with E-state index in [1.807, 2.05) is 0 Å². The Hall–Kier alpha value is -1.94. The van der Waals surface area contributed by atoms with Crippen LogP contribution >= 0.6 is 15.6 Å². The van der Waals surface area contributed by atoms with Gasteiger partial charge in [0.15, 0.2) is 12.2 Å². The summed E-state index contributed by atoms with van der Waals surface area (Å²) in [7, 11) is -9.86. The van der Waals surface area contributed by atoms with Crippen LogP contribution in [-0.2, 0) is 65.4 Å². The first-order valence-corrected chi connectivity index (χ1v) is 34.5. The molecule has 0 aliphatic rings. The van der Waals surface area contributed by atoms with Gasteiger partial charge >= 0.3 is 39.5 Å². The lowest BCUT2D eigenvalue weighted by Gasteiger charge is -2.21. The number of rotatable bonds is 59. The number of carbonyl (C=O) groups is 4. The molecule has 468 valence electrons.